The molecule has 184 valence electrons. The van der Waals surface area contributed by atoms with E-state index in [1.807, 2.05) is 12.1 Å². The van der Waals surface area contributed by atoms with E-state index in [9.17, 15) is 9.90 Å². The Morgan fingerprint density at radius 3 is 2.46 bits per heavy atom. The van der Waals surface area contributed by atoms with Gasteiger partial charge in [0.15, 0.2) is 5.13 Å². The van der Waals surface area contributed by atoms with E-state index in [4.69, 9.17) is 17.3 Å². The van der Waals surface area contributed by atoms with Gasteiger partial charge in [0.25, 0.3) is 0 Å². The van der Waals surface area contributed by atoms with E-state index in [1.54, 1.807) is 24.3 Å². The monoisotopic (exact) mass is 511 g/mol. The van der Waals surface area contributed by atoms with Crippen molar-refractivity contribution in [3.8, 4) is 0 Å². The number of nitrogens with one attached hydrogen (secondary N) is 1. The summed E-state index contributed by atoms with van der Waals surface area (Å²) in [6.07, 6.45) is 4.10. The van der Waals surface area contributed by atoms with Crippen LogP contribution in [0.1, 0.15) is 40.9 Å². The molecule has 2 aliphatic heterocycles. The van der Waals surface area contributed by atoms with Gasteiger partial charge in [0.1, 0.15) is 10.7 Å². The molecule has 0 amide bonds. The largest absolute Gasteiger partial charge is 0.392 e. The van der Waals surface area contributed by atoms with E-state index < -0.39 is 0 Å². The smallest absolute Gasteiger partial charge is 0.206 e. The molecule has 3 heterocycles. The maximum Gasteiger partial charge on any atom is 0.206 e. The highest BCUT2D eigenvalue weighted by Gasteiger charge is 2.28. The molecule has 1 unspecified atom stereocenters. The summed E-state index contributed by atoms with van der Waals surface area (Å²) >= 11 is 7.17. The van der Waals surface area contributed by atoms with Gasteiger partial charge >= 0.3 is 0 Å². The second-order valence-electron chi connectivity index (χ2n) is 9.25. The zero-order chi connectivity index (χ0) is 24.4. The zero-order valence-corrected chi connectivity index (χ0v) is 21.1. The Morgan fingerprint density at radius 1 is 1.06 bits per heavy atom. The molecule has 3 aromatic rings. The van der Waals surface area contributed by atoms with Crippen LogP contribution in [0.2, 0.25) is 5.02 Å². The quantitative estimate of drug-likeness (QED) is 0.410. The van der Waals surface area contributed by atoms with Gasteiger partial charge in [0.05, 0.1) is 6.10 Å². The lowest BCUT2D eigenvalue weighted by atomic mass is 9.98. The summed E-state index contributed by atoms with van der Waals surface area (Å²) in [5, 5.41) is 14.4. The predicted octanol–water partition coefficient (Wildman–Crippen LogP) is 4.78. The van der Waals surface area contributed by atoms with Crippen molar-refractivity contribution in [3.05, 3.63) is 64.0 Å². The van der Waals surface area contributed by atoms with Crippen molar-refractivity contribution >= 4 is 51.0 Å². The number of likely N-dealkylation sites (tertiary alicyclic amines) is 1. The van der Waals surface area contributed by atoms with E-state index in [-0.39, 0.29) is 17.7 Å². The first-order valence-electron chi connectivity index (χ1n) is 12.1. The lowest BCUT2D eigenvalue weighted by Gasteiger charge is -2.42. The van der Waals surface area contributed by atoms with Crippen molar-refractivity contribution in [2.24, 2.45) is 0 Å². The van der Waals surface area contributed by atoms with Crippen LogP contribution in [0.25, 0.3) is 0 Å². The standard InChI is InChI=1S/C26H30ClN5O2S/c27-18-5-3-17(4-6-18)23(34)24-25(28)30-26(35-24)29-19-7-9-20(10-8-19)31-14-11-21(12-15-31)32-13-1-2-22(33)16-32/h3-10,21-22,33H,1-2,11-16,28H2,(H,29,30). The highest BCUT2D eigenvalue weighted by molar-refractivity contribution is 7.18. The number of nitrogens with zero attached hydrogens (tertiary/aromatic N) is 3. The number of rotatable bonds is 6. The van der Waals surface area contributed by atoms with Gasteiger partial charge in [-0.2, -0.15) is 0 Å². The number of hydrogen-bond donors (Lipinski definition) is 3. The SMILES string of the molecule is Nc1nc(Nc2ccc(N3CCC(N4CCCC(O)C4)CC3)cc2)sc1C(=O)c1ccc(Cl)cc1. The molecule has 35 heavy (non-hydrogen) atoms. The number of hydrogen-bond acceptors (Lipinski definition) is 8. The number of thiazole rings is 1. The molecule has 0 saturated carbocycles. The number of aromatic nitrogens is 1. The highest BCUT2D eigenvalue weighted by atomic mass is 35.5. The molecule has 7 nitrogen and oxygen atoms in total. The van der Waals surface area contributed by atoms with Crippen molar-refractivity contribution in [3.63, 3.8) is 0 Å². The van der Waals surface area contributed by atoms with Gasteiger partial charge < -0.3 is 21.1 Å². The molecule has 5 rings (SSSR count). The molecule has 2 aliphatic rings. The third-order valence-corrected chi connectivity index (χ3v) is 8.10. The summed E-state index contributed by atoms with van der Waals surface area (Å²) in [6, 6.07) is 15.6. The molecule has 1 aromatic heterocycles. The van der Waals surface area contributed by atoms with Crippen LogP contribution in [0.5, 0.6) is 0 Å². The summed E-state index contributed by atoms with van der Waals surface area (Å²) in [7, 11) is 0. The Labute approximate surface area is 214 Å². The Morgan fingerprint density at radius 2 is 1.77 bits per heavy atom. The molecule has 9 heteroatoms. The third-order valence-electron chi connectivity index (χ3n) is 6.86. The summed E-state index contributed by atoms with van der Waals surface area (Å²) in [4.78, 5) is 22.5. The minimum Gasteiger partial charge on any atom is -0.392 e. The van der Waals surface area contributed by atoms with Gasteiger partial charge in [-0.25, -0.2) is 4.98 Å². The number of anilines is 4. The predicted molar refractivity (Wildman–Crippen MR) is 143 cm³/mol. The van der Waals surface area contributed by atoms with Crippen LogP contribution in [-0.2, 0) is 0 Å². The molecular formula is C26H30ClN5O2S. The van der Waals surface area contributed by atoms with Gasteiger partial charge in [-0.15, -0.1) is 0 Å². The van der Waals surface area contributed by atoms with Crippen molar-refractivity contribution in [1.29, 1.82) is 0 Å². The van der Waals surface area contributed by atoms with E-state index in [0.29, 0.717) is 26.6 Å². The van der Waals surface area contributed by atoms with Gasteiger partial charge in [0.2, 0.25) is 5.78 Å². The van der Waals surface area contributed by atoms with Crippen molar-refractivity contribution in [1.82, 2.24) is 9.88 Å². The fourth-order valence-electron chi connectivity index (χ4n) is 4.96. The Bertz CT molecular complexity index is 1160. The van der Waals surface area contributed by atoms with Crippen molar-refractivity contribution < 1.29 is 9.90 Å². The lowest BCUT2D eigenvalue weighted by molar-refractivity contribution is 0.0398. The number of ketones is 1. The van der Waals surface area contributed by atoms with Crippen LogP contribution in [0.3, 0.4) is 0 Å². The van der Waals surface area contributed by atoms with Crippen LogP contribution < -0.4 is 16.0 Å². The fraction of sp³-hybridized carbons (Fsp3) is 0.385. The van der Waals surface area contributed by atoms with Gasteiger partial charge in [-0.05, 0) is 80.8 Å². The maximum absolute atomic E-state index is 12.8. The summed E-state index contributed by atoms with van der Waals surface area (Å²) in [6.45, 7) is 3.96. The average Bonchev–Trinajstić information content (AvgIpc) is 3.24. The van der Waals surface area contributed by atoms with E-state index in [1.165, 1.54) is 17.0 Å². The molecule has 0 bridgehead atoms. The molecule has 0 radical (unpaired) electrons. The molecule has 2 fully saturated rings. The van der Waals surface area contributed by atoms with Gasteiger partial charge in [0, 0.05) is 47.6 Å². The number of aliphatic hydroxyl groups is 1. The number of aliphatic hydroxyl groups excluding tert-OH is 1. The molecule has 0 aliphatic carbocycles. The topological polar surface area (TPSA) is 94.7 Å². The minimum atomic E-state index is -0.165. The number of carbonyl (C=O) groups is 1. The Kier molecular flexibility index (Phi) is 7.24. The normalized spacial score (nSPS) is 19.6. The molecular weight excluding hydrogens is 482 g/mol. The Balaban J connectivity index is 1.18. The molecule has 1 atom stereocenters. The fourth-order valence-corrected chi connectivity index (χ4v) is 5.96. The maximum atomic E-state index is 12.8. The Hall–Kier alpha value is -2.65. The van der Waals surface area contributed by atoms with E-state index >= 15 is 0 Å². The summed E-state index contributed by atoms with van der Waals surface area (Å²) in [5.41, 5.74) is 8.67. The van der Waals surface area contributed by atoms with Crippen LogP contribution in [0, 0.1) is 0 Å². The van der Waals surface area contributed by atoms with E-state index in [2.05, 4.69) is 32.2 Å². The van der Waals surface area contributed by atoms with Gasteiger partial charge in [-0.3, -0.25) is 9.69 Å². The zero-order valence-electron chi connectivity index (χ0n) is 19.5. The number of nitrogens with two attached hydrogens (primary N) is 1. The molecule has 2 saturated heterocycles. The number of piperidine rings is 2. The number of halogens is 1. The second-order valence-corrected chi connectivity index (χ2v) is 10.7. The third kappa shape index (κ3) is 5.62. The summed E-state index contributed by atoms with van der Waals surface area (Å²) < 4.78 is 0. The second kappa shape index (κ2) is 10.5. The first-order valence-corrected chi connectivity index (χ1v) is 13.3. The average molecular weight is 512 g/mol. The number of β-amino-alcohol motifs (C(OH)–C–C–N with tert-alkyl or cyclic N) is 1. The number of carbonyl (C=O) groups excluding carboxylic acids is 1. The lowest BCUT2D eigenvalue weighted by Crippen LogP contribution is -2.49. The number of nitrogen functional groups attached to an aromatic ring is 1. The van der Waals surface area contributed by atoms with Crippen LogP contribution in [-0.4, -0.2) is 59.1 Å². The first-order chi connectivity index (χ1) is 17.0. The summed E-state index contributed by atoms with van der Waals surface area (Å²) in [5.74, 6) is 0.0562. The van der Waals surface area contributed by atoms with Crippen LogP contribution >= 0.6 is 22.9 Å². The minimum absolute atomic E-state index is 0.164. The van der Waals surface area contributed by atoms with E-state index in [0.717, 1.165) is 57.5 Å². The van der Waals surface area contributed by atoms with Crippen molar-refractivity contribution in [2.45, 2.75) is 37.8 Å². The van der Waals surface area contributed by atoms with Gasteiger partial charge in [-0.1, -0.05) is 22.9 Å². The highest BCUT2D eigenvalue weighted by Crippen LogP contribution is 2.31. The van der Waals surface area contributed by atoms with Crippen molar-refractivity contribution in [2.75, 3.05) is 42.1 Å². The molecule has 2 aromatic carbocycles. The molecule has 4 N–H and O–H groups in total. The molecule has 0 spiro atoms. The first kappa shape index (κ1) is 24.1. The number of benzene rings is 2. The van der Waals surface area contributed by atoms with Crippen LogP contribution in [0.4, 0.5) is 22.3 Å². The van der Waals surface area contributed by atoms with Crippen LogP contribution in [0.15, 0.2) is 48.5 Å².